The Balaban J connectivity index is 2.23. The summed E-state index contributed by atoms with van der Waals surface area (Å²) in [4.78, 5) is 19.1. The summed E-state index contributed by atoms with van der Waals surface area (Å²) in [5.41, 5.74) is 6.18. The highest BCUT2D eigenvalue weighted by Crippen LogP contribution is 2.19. The number of hydrogen-bond acceptors (Lipinski definition) is 6. The molecular formula is C14H20N4O3. The van der Waals surface area contributed by atoms with Crippen molar-refractivity contribution in [3.63, 3.8) is 0 Å². The van der Waals surface area contributed by atoms with E-state index in [1.807, 2.05) is 6.92 Å². The number of H-pyrrole nitrogens is 1. The molecule has 0 saturated carbocycles. The molecule has 2 heterocycles. The van der Waals surface area contributed by atoms with Gasteiger partial charge in [-0.25, -0.2) is 0 Å². The molecule has 0 saturated heterocycles. The standard InChI is InChI=1S/C14H20N4O3/c1-4-5-20-8-14(3,15)13-17-12(21-18-13)10-7-16-9(2)6-11(10)19/h6-7H,4-5,8,15H2,1-3H3,(H,16,19). The number of aromatic amines is 1. The molecule has 0 amide bonds. The summed E-state index contributed by atoms with van der Waals surface area (Å²) < 4.78 is 10.6. The monoisotopic (exact) mass is 292 g/mol. The van der Waals surface area contributed by atoms with Gasteiger partial charge in [0.1, 0.15) is 11.1 Å². The van der Waals surface area contributed by atoms with Crippen molar-refractivity contribution in [3.8, 4) is 11.5 Å². The molecule has 2 aromatic rings. The summed E-state index contributed by atoms with van der Waals surface area (Å²) in [5.74, 6) is 0.465. The largest absolute Gasteiger partial charge is 0.379 e. The minimum Gasteiger partial charge on any atom is -0.379 e. The number of pyridine rings is 1. The molecule has 0 aromatic carbocycles. The average molecular weight is 292 g/mol. The molecule has 7 heteroatoms. The maximum Gasteiger partial charge on any atom is 0.263 e. The second-order valence-corrected chi connectivity index (χ2v) is 5.29. The minimum absolute atomic E-state index is 0.151. The molecule has 0 bridgehead atoms. The molecule has 0 aliphatic rings. The van der Waals surface area contributed by atoms with Crippen molar-refractivity contribution < 1.29 is 9.26 Å². The van der Waals surface area contributed by atoms with Gasteiger partial charge in [0.25, 0.3) is 5.89 Å². The van der Waals surface area contributed by atoms with Crippen LogP contribution in [0.3, 0.4) is 0 Å². The van der Waals surface area contributed by atoms with Gasteiger partial charge >= 0.3 is 0 Å². The molecule has 0 spiro atoms. The van der Waals surface area contributed by atoms with Crippen molar-refractivity contribution in [1.82, 2.24) is 15.1 Å². The van der Waals surface area contributed by atoms with Gasteiger partial charge in [-0.15, -0.1) is 0 Å². The van der Waals surface area contributed by atoms with E-state index in [0.29, 0.717) is 18.0 Å². The van der Waals surface area contributed by atoms with Gasteiger partial charge in [-0.2, -0.15) is 4.98 Å². The second kappa shape index (κ2) is 6.19. The van der Waals surface area contributed by atoms with Crippen LogP contribution in [-0.4, -0.2) is 28.3 Å². The van der Waals surface area contributed by atoms with Gasteiger partial charge in [0, 0.05) is 24.6 Å². The number of nitrogens with one attached hydrogen (secondary N) is 1. The second-order valence-electron chi connectivity index (χ2n) is 5.29. The van der Waals surface area contributed by atoms with Crippen LogP contribution in [0.4, 0.5) is 0 Å². The Labute approximate surface area is 122 Å². The van der Waals surface area contributed by atoms with Crippen LogP contribution in [0.1, 0.15) is 31.8 Å². The molecule has 2 aromatic heterocycles. The van der Waals surface area contributed by atoms with Crippen LogP contribution < -0.4 is 11.2 Å². The van der Waals surface area contributed by atoms with Gasteiger partial charge in [-0.3, -0.25) is 4.79 Å². The lowest BCUT2D eigenvalue weighted by atomic mass is 10.1. The first-order valence-corrected chi connectivity index (χ1v) is 6.84. The van der Waals surface area contributed by atoms with Gasteiger partial charge < -0.3 is 20.0 Å². The molecule has 0 radical (unpaired) electrons. The zero-order valence-electron chi connectivity index (χ0n) is 12.5. The average Bonchev–Trinajstić information content (AvgIpc) is 2.89. The first-order chi connectivity index (χ1) is 9.94. The molecule has 1 atom stereocenters. The fourth-order valence-corrected chi connectivity index (χ4v) is 1.80. The predicted octanol–water partition coefficient (Wildman–Crippen LogP) is 1.33. The van der Waals surface area contributed by atoms with Gasteiger partial charge in [0.05, 0.1) is 6.61 Å². The van der Waals surface area contributed by atoms with Crippen LogP contribution in [0.25, 0.3) is 11.5 Å². The molecule has 7 nitrogen and oxygen atoms in total. The van der Waals surface area contributed by atoms with Crippen molar-refractivity contribution in [3.05, 3.63) is 34.0 Å². The third-order valence-corrected chi connectivity index (χ3v) is 2.97. The van der Waals surface area contributed by atoms with Gasteiger partial charge in [-0.1, -0.05) is 12.1 Å². The number of rotatable bonds is 6. The fourth-order valence-electron chi connectivity index (χ4n) is 1.80. The molecule has 0 aliphatic heterocycles. The van der Waals surface area contributed by atoms with Crippen LogP contribution in [-0.2, 0) is 10.3 Å². The van der Waals surface area contributed by atoms with E-state index in [1.54, 1.807) is 20.0 Å². The summed E-state index contributed by atoms with van der Waals surface area (Å²) in [7, 11) is 0. The third kappa shape index (κ3) is 3.56. The zero-order chi connectivity index (χ0) is 15.5. The van der Waals surface area contributed by atoms with Crippen LogP contribution in [0.2, 0.25) is 0 Å². The first kappa shape index (κ1) is 15.4. The Morgan fingerprint density at radius 3 is 2.95 bits per heavy atom. The van der Waals surface area contributed by atoms with Crippen molar-refractivity contribution in [2.75, 3.05) is 13.2 Å². The summed E-state index contributed by atoms with van der Waals surface area (Å²) in [5, 5.41) is 3.86. The zero-order valence-corrected chi connectivity index (χ0v) is 12.5. The Hall–Kier alpha value is -1.99. The van der Waals surface area contributed by atoms with E-state index in [1.165, 1.54) is 6.07 Å². The van der Waals surface area contributed by atoms with Gasteiger partial charge in [-0.05, 0) is 20.3 Å². The number of hydrogen-bond donors (Lipinski definition) is 2. The normalized spacial score (nSPS) is 14.1. The highest BCUT2D eigenvalue weighted by atomic mass is 16.5. The Bertz CT molecular complexity index is 660. The van der Waals surface area contributed by atoms with Crippen LogP contribution in [0.5, 0.6) is 0 Å². The number of ether oxygens (including phenoxy) is 1. The van der Waals surface area contributed by atoms with Crippen LogP contribution >= 0.6 is 0 Å². The number of aryl methyl sites for hydroxylation is 1. The molecule has 3 N–H and O–H groups in total. The predicted molar refractivity (Wildman–Crippen MR) is 77.7 cm³/mol. The quantitative estimate of drug-likeness (QED) is 0.778. The maximum absolute atomic E-state index is 11.9. The van der Waals surface area contributed by atoms with Gasteiger partial charge in [0.15, 0.2) is 11.3 Å². The van der Waals surface area contributed by atoms with E-state index in [0.717, 1.165) is 12.1 Å². The molecule has 2 rings (SSSR count). The summed E-state index contributed by atoms with van der Waals surface area (Å²) in [6.07, 6.45) is 2.46. The van der Waals surface area contributed by atoms with E-state index in [4.69, 9.17) is 15.0 Å². The van der Waals surface area contributed by atoms with E-state index in [-0.39, 0.29) is 17.9 Å². The Morgan fingerprint density at radius 1 is 1.52 bits per heavy atom. The SMILES string of the molecule is CCCOCC(C)(N)c1noc(-c2c[nH]c(C)cc2=O)n1. The molecule has 0 aliphatic carbocycles. The van der Waals surface area contributed by atoms with Crippen molar-refractivity contribution in [2.24, 2.45) is 5.73 Å². The fraction of sp³-hybridized carbons (Fsp3) is 0.500. The smallest absolute Gasteiger partial charge is 0.263 e. The summed E-state index contributed by atoms with van der Waals surface area (Å²) in [6.45, 7) is 6.48. The number of nitrogens with zero attached hydrogens (tertiary/aromatic N) is 2. The van der Waals surface area contributed by atoms with Crippen molar-refractivity contribution in [2.45, 2.75) is 32.7 Å². The maximum atomic E-state index is 11.9. The van der Waals surface area contributed by atoms with Crippen molar-refractivity contribution >= 4 is 0 Å². The lowest BCUT2D eigenvalue weighted by Crippen LogP contribution is -2.39. The Kier molecular flexibility index (Phi) is 4.54. The lowest BCUT2D eigenvalue weighted by Gasteiger charge is -2.19. The highest BCUT2D eigenvalue weighted by Gasteiger charge is 2.28. The summed E-state index contributed by atoms with van der Waals surface area (Å²) in [6, 6.07) is 1.48. The van der Waals surface area contributed by atoms with E-state index in [2.05, 4.69) is 15.1 Å². The molecular weight excluding hydrogens is 272 g/mol. The third-order valence-electron chi connectivity index (χ3n) is 2.97. The minimum atomic E-state index is -0.867. The lowest BCUT2D eigenvalue weighted by molar-refractivity contribution is 0.0867. The molecule has 1 unspecified atom stereocenters. The number of aromatic nitrogens is 3. The first-order valence-electron chi connectivity index (χ1n) is 6.84. The van der Waals surface area contributed by atoms with Gasteiger partial charge in [0.2, 0.25) is 0 Å². The number of nitrogens with two attached hydrogens (primary N) is 1. The van der Waals surface area contributed by atoms with Crippen LogP contribution in [0, 0.1) is 6.92 Å². The molecule has 21 heavy (non-hydrogen) atoms. The summed E-state index contributed by atoms with van der Waals surface area (Å²) >= 11 is 0. The highest BCUT2D eigenvalue weighted by molar-refractivity contribution is 5.51. The Morgan fingerprint density at radius 2 is 2.29 bits per heavy atom. The van der Waals surface area contributed by atoms with E-state index < -0.39 is 5.54 Å². The molecule has 0 fully saturated rings. The topological polar surface area (TPSA) is 107 Å². The van der Waals surface area contributed by atoms with Crippen LogP contribution in [0.15, 0.2) is 21.6 Å². The van der Waals surface area contributed by atoms with E-state index in [9.17, 15) is 4.79 Å². The molecule has 114 valence electrons. The van der Waals surface area contributed by atoms with E-state index >= 15 is 0 Å². The van der Waals surface area contributed by atoms with Crippen molar-refractivity contribution in [1.29, 1.82) is 0 Å².